The highest BCUT2D eigenvalue weighted by Gasteiger charge is 2.35. The lowest BCUT2D eigenvalue weighted by Crippen LogP contribution is -2.31. The van der Waals surface area contributed by atoms with E-state index in [0.717, 1.165) is 0 Å². The minimum Gasteiger partial charge on any atom is -0.337 e. The number of nitrogens with one attached hydrogen (secondary N) is 1. The van der Waals surface area contributed by atoms with Crippen LogP contribution >= 0.6 is 23.4 Å². The molecule has 24 heavy (non-hydrogen) atoms. The van der Waals surface area contributed by atoms with Gasteiger partial charge in [0, 0.05) is 16.3 Å². The van der Waals surface area contributed by atoms with Crippen molar-refractivity contribution in [3.05, 3.63) is 47.1 Å². The molecule has 0 radical (unpaired) electrons. The number of thioether (sulfide) groups is 1. The SMILES string of the molecule is O=C(c1ccc(Cl)cc1)N1CSCC1c1nc(-c2ncn[nH]2)no1. The fourth-order valence-corrected chi connectivity index (χ4v) is 3.66. The minimum atomic E-state index is -0.276. The third-order valence-corrected chi connectivity index (χ3v) is 4.85. The van der Waals surface area contributed by atoms with Gasteiger partial charge in [-0.25, -0.2) is 4.98 Å². The van der Waals surface area contributed by atoms with E-state index in [1.165, 1.54) is 6.33 Å². The highest BCUT2D eigenvalue weighted by atomic mass is 35.5. The Balaban J connectivity index is 1.59. The van der Waals surface area contributed by atoms with Gasteiger partial charge >= 0.3 is 0 Å². The third kappa shape index (κ3) is 2.76. The summed E-state index contributed by atoms with van der Waals surface area (Å²) in [5.41, 5.74) is 0.571. The molecule has 1 unspecified atom stereocenters. The standard InChI is InChI=1S/C14H11ClN6O2S/c15-9-3-1-8(2-4-9)14(22)21-7-24-5-10(21)13-18-12(20-23-13)11-16-6-17-19-11/h1-4,6,10H,5,7H2,(H,16,17,19). The first-order chi connectivity index (χ1) is 11.7. The van der Waals surface area contributed by atoms with Gasteiger partial charge in [0.1, 0.15) is 12.4 Å². The maximum Gasteiger partial charge on any atom is 0.255 e. The summed E-state index contributed by atoms with van der Waals surface area (Å²) in [6.45, 7) is 0. The van der Waals surface area contributed by atoms with Gasteiger partial charge in [-0.1, -0.05) is 16.8 Å². The second kappa shape index (κ2) is 6.25. The first-order valence-electron chi connectivity index (χ1n) is 7.06. The molecule has 1 aromatic carbocycles. The predicted octanol–water partition coefficient (Wildman–Crippen LogP) is 2.40. The fraction of sp³-hybridized carbons (Fsp3) is 0.214. The summed E-state index contributed by atoms with van der Waals surface area (Å²) in [4.78, 5) is 22.8. The molecular weight excluding hydrogens is 352 g/mol. The highest BCUT2D eigenvalue weighted by molar-refractivity contribution is 7.99. The number of halogens is 1. The molecule has 1 fully saturated rings. The number of nitrogens with zero attached hydrogens (tertiary/aromatic N) is 5. The molecular formula is C14H11ClN6O2S. The zero-order valence-electron chi connectivity index (χ0n) is 12.2. The number of amides is 1. The van der Waals surface area contributed by atoms with Crippen LogP contribution in [0.5, 0.6) is 0 Å². The molecule has 122 valence electrons. The Morgan fingerprint density at radius 1 is 1.38 bits per heavy atom. The lowest BCUT2D eigenvalue weighted by atomic mass is 10.2. The number of aromatic amines is 1. The summed E-state index contributed by atoms with van der Waals surface area (Å²) in [6.07, 6.45) is 1.37. The smallest absolute Gasteiger partial charge is 0.255 e. The summed E-state index contributed by atoms with van der Waals surface area (Å²) in [5, 5.41) is 10.9. The number of carbonyl (C=O) groups is 1. The largest absolute Gasteiger partial charge is 0.337 e. The molecule has 0 bridgehead atoms. The van der Waals surface area contributed by atoms with Crippen LogP contribution in [-0.4, -0.2) is 47.8 Å². The summed E-state index contributed by atoms with van der Waals surface area (Å²) in [6, 6.07) is 6.53. The number of benzene rings is 1. The van der Waals surface area contributed by atoms with Gasteiger partial charge in [-0.15, -0.1) is 11.8 Å². The van der Waals surface area contributed by atoms with Crippen LogP contribution in [0.1, 0.15) is 22.3 Å². The van der Waals surface area contributed by atoms with E-state index in [-0.39, 0.29) is 11.9 Å². The summed E-state index contributed by atoms with van der Waals surface area (Å²) < 4.78 is 5.33. The number of H-pyrrole nitrogens is 1. The zero-order chi connectivity index (χ0) is 16.5. The lowest BCUT2D eigenvalue weighted by molar-refractivity contribution is 0.0722. The average molecular weight is 363 g/mol. The van der Waals surface area contributed by atoms with Gasteiger partial charge in [0.25, 0.3) is 11.8 Å². The molecule has 10 heteroatoms. The Morgan fingerprint density at radius 2 is 2.21 bits per heavy atom. The zero-order valence-corrected chi connectivity index (χ0v) is 13.8. The van der Waals surface area contributed by atoms with Gasteiger partial charge in [0.2, 0.25) is 5.82 Å². The monoisotopic (exact) mass is 362 g/mol. The molecule has 0 aliphatic carbocycles. The van der Waals surface area contributed by atoms with Gasteiger partial charge in [0.15, 0.2) is 5.82 Å². The van der Waals surface area contributed by atoms with Crippen molar-refractivity contribution in [2.75, 3.05) is 11.6 Å². The number of hydrogen-bond donors (Lipinski definition) is 1. The first kappa shape index (κ1) is 15.2. The molecule has 2 aromatic heterocycles. The topological polar surface area (TPSA) is 101 Å². The van der Waals surface area contributed by atoms with Gasteiger partial charge in [-0.3, -0.25) is 9.89 Å². The van der Waals surface area contributed by atoms with Crippen LogP contribution in [0.25, 0.3) is 11.6 Å². The normalized spacial score (nSPS) is 17.4. The number of hydrogen-bond acceptors (Lipinski definition) is 7. The molecule has 4 rings (SSSR count). The Hall–Kier alpha value is -2.39. The Labute approximate surface area is 145 Å². The maximum absolute atomic E-state index is 12.7. The number of aromatic nitrogens is 5. The van der Waals surface area contributed by atoms with Gasteiger partial charge < -0.3 is 9.42 Å². The fourth-order valence-electron chi connectivity index (χ4n) is 2.39. The van der Waals surface area contributed by atoms with Crippen LogP contribution in [0.3, 0.4) is 0 Å². The van der Waals surface area contributed by atoms with E-state index < -0.39 is 0 Å². The molecule has 3 heterocycles. The van der Waals surface area contributed by atoms with E-state index in [9.17, 15) is 4.79 Å². The second-order valence-electron chi connectivity index (χ2n) is 5.09. The van der Waals surface area contributed by atoms with E-state index in [2.05, 4.69) is 25.3 Å². The predicted molar refractivity (Wildman–Crippen MR) is 87.4 cm³/mol. The average Bonchev–Trinajstić information content (AvgIpc) is 3.33. The molecule has 1 atom stereocenters. The van der Waals surface area contributed by atoms with Crippen LogP contribution in [-0.2, 0) is 0 Å². The van der Waals surface area contributed by atoms with Crippen molar-refractivity contribution in [3.8, 4) is 11.6 Å². The summed E-state index contributed by atoms with van der Waals surface area (Å²) >= 11 is 7.51. The summed E-state index contributed by atoms with van der Waals surface area (Å²) in [7, 11) is 0. The van der Waals surface area contributed by atoms with Gasteiger partial charge in [0.05, 0.1) is 5.88 Å². The quantitative estimate of drug-likeness (QED) is 0.763. The lowest BCUT2D eigenvalue weighted by Gasteiger charge is -2.20. The van der Waals surface area contributed by atoms with Crippen LogP contribution in [0.4, 0.5) is 0 Å². The molecule has 1 aliphatic heterocycles. The highest BCUT2D eigenvalue weighted by Crippen LogP contribution is 2.34. The van der Waals surface area contributed by atoms with Crippen LogP contribution in [0.15, 0.2) is 35.1 Å². The van der Waals surface area contributed by atoms with E-state index in [1.54, 1.807) is 40.9 Å². The van der Waals surface area contributed by atoms with Crippen molar-refractivity contribution in [1.29, 1.82) is 0 Å². The molecule has 3 aromatic rings. The van der Waals surface area contributed by atoms with E-state index in [0.29, 0.717) is 39.8 Å². The van der Waals surface area contributed by atoms with Crippen molar-refractivity contribution < 1.29 is 9.32 Å². The van der Waals surface area contributed by atoms with Crippen molar-refractivity contribution >= 4 is 29.3 Å². The molecule has 8 nitrogen and oxygen atoms in total. The van der Waals surface area contributed by atoms with Crippen LogP contribution < -0.4 is 0 Å². The second-order valence-corrected chi connectivity index (χ2v) is 6.52. The van der Waals surface area contributed by atoms with Crippen molar-refractivity contribution in [2.45, 2.75) is 6.04 Å². The van der Waals surface area contributed by atoms with Crippen LogP contribution in [0, 0.1) is 0 Å². The molecule has 1 aliphatic rings. The van der Waals surface area contributed by atoms with Gasteiger partial charge in [-0.2, -0.15) is 10.1 Å². The maximum atomic E-state index is 12.7. The summed E-state index contributed by atoms with van der Waals surface area (Å²) in [5.74, 6) is 2.28. The van der Waals surface area contributed by atoms with E-state index in [1.807, 2.05) is 0 Å². The number of carbonyl (C=O) groups excluding carboxylic acids is 1. The molecule has 1 saturated heterocycles. The van der Waals surface area contributed by atoms with E-state index >= 15 is 0 Å². The molecule has 1 N–H and O–H groups in total. The van der Waals surface area contributed by atoms with Gasteiger partial charge in [-0.05, 0) is 24.3 Å². The Kier molecular flexibility index (Phi) is 3.95. The molecule has 1 amide bonds. The van der Waals surface area contributed by atoms with Crippen molar-refractivity contribution in [1.82, 2.24) is 30.2 Å². The minimum absolute atomic E-state index is 0.0962. The Bertz CT molecular complexity index is 851. The Morgan fingerprint density at radius 3 is 2.96 bits per heavy atom. The van der Waals surface area contributed by atoms with Crippen molar-refractivity contribution in [2.24, 2.45) is 0 Å². The van der Waals surface area contributed by atoms with Crippen LogP contribution in [0.2, 0.25) is 5.02 Å². The molecule has 0 saturated carbocycles. The van der Waals surface area contributed by atoms with E-state index in [4.69, 9.17) is 16.1 Å². The third-order valence-electron chi connectivity index (χ3n) is 3.59. The number of rotatable bonds is 3. The van der Waals surface area contributed by atoms with Crippen molar-refractivity contribution in [3.63, 3.8) is 0 Å². The molecule has 0 spiro atoms. The first-order valence-corrected chi connectivity index (χ1v) is 8.59.